The van der Waals surface area contributed by atoms with E-state index in [0.717, 1.165) is 4.68 Å². The SMILES string of the molecule is C=C(C)/C(=N\N=C\CCC(=O)Cc1cc(C)nc(OCC(F)F)c1C)c1cn(C)nc1C(F)(F)F. The van der Waals surface area contributed by atoms with E-state index in [1.807, 2.05) is 0 Å². The van der Waals surface area contributed by atoms with Crippen molar-refractivity contribution in [3.05, 3.63) is 52.5 Å². The smallest absolute Gasteiger partial charge is 0.435 e. The van der Waals surface area contributed by atoms with Crippen LogP contribution in [0.2, 0.25) is 0 Å². The van der Waals surface area contributed by atoms with Crippen molar-refractivity contribution in [2.45, 2.75) is 52.6 Å². The number of Topliss-reactive ketones (excluding diaryl/α,β-unsaturated/α-hetero) is 1. The monoisotopic (exact) mass is 499 g/mol. The quantitative estimate of drug-likeness (QED) is 0.247. The highest BCUT2D eigenvalue weighted by molar-refractivity contribution is 6.12. The summed E-state index contributed by atoms with van der Waals surface area (Å²) < 4.78 is 70.8. The van der Waals surface area contributed by atoms with Crippen molar-refractivity contribution >= 4 is 17.7 Å². The van der Waals surface area contributed by atoms with Gasteiger partial charge in [0.25, 0.3) is 6.43 Å². The van der Waals surface area contributed by atoms with E-state index in [0.29, 0.717) is 16.8 Å². The Balaban J connectivity index is 2.06. The van der Waals surface area contributed by atoms with Gasteiger partial charge in [-0.3, -0.25) is 9.48 Å². The lowest BCUT2D eigenvalue weighted by Gasteiger charge is -2.12. The summed E-state index contributed by atoms with van der Waals surface area (Å²) >= 11 is 0. The molecule has 0 fully saturated rings. The van der Waals surface area contributed by atoms with Crippen molar-refractivity contribution in [2.24, 2.45) is 17.3 Å². The van der Waals surface area contributed by atoms with Gasteiger partial charge in [-0.25, -0.2) is 13.8 Å². The van der Waals surface area contributed by atoms with Gasteiger partial charge in [0.1, 0.15) is 5.78 Å². The fraction of sp³-hybridized carbons (Fsp3) is 0.435. The Labute approximate surface area is 199 Å². The molecular formula is C23H26F5N5O2. The maximum atomic E-state index is 13.3. The van der Waals surface area contributed by atoms with Crippen LogP contribution in [0.15, 0.2) is 34.6 Å². The molecule has 2 rings (SSSR count). The number of aromatic nitrogens is 3. The summed E-state index contributed by atoms with van der Waals surface area (Å²) in [5.41, 5.74) is 0.520. The van der Waals surface area contributed by atoms with E-state index in [1.165, 1.54) is 26.4 Å². The number of pyridine rings is 1. The van der Waals surface area contributed by atoms with Crippen LogP contribution in [0, 0.1) is 13.8 Å². The van der Waals surface area contributed by atoms with Gasteiger partial charge in [0.05, 0.1) is 11.3 Å². The number of aryl methyl sites for hydroxylation is 2. The van der Waals surface area contributed by atoms with Gasteiger partial charge in [-0.2, -0.15) is 28.5 Å². The van der Waals surface area contributed by atoms with Gasteiger partial charge in [-0.1, -0.05) is 6.58 Å². The second-order valence-corrected chi connectivity index (χ2v) is 7.90. The molecule has 0 bridgehead atoms. The molecule has 2 heterocycles. The number of nitrogens with zero attached hydrogens (tertiary/aromatic N) is 5. The molecule has 0 N–H and O–H groups in total. The van der Waals surface area contributed by atoms with E-state index in [9.17, 15) is 26.7 Å². The molecule has 0 unspecified atom stereocenters. The number of hydrogen-bond donors (Lipinski definition) is 0. The second-order valence-electron chi connectivity index (χ2n) is 7.90. The highest BCUT2D eigenvalue weighted by atomic mass is 19.4. The molecular weight excluding hydrogens is 473 g/mol. The van der Waals surface area contributed by atoms with Crippen LogP contribution < -0.4 is 4.74 Å². The number of allylic oxidation sites excluding steroid dienone is 1. The Bertz CT molecular complexity index is 1140. The Morgan fingerprint density at radius 3 is 2.60 bits per heavy atom. The molecule has 12 heteroatoms. The molecule has 7 nitrogen and oxygen atoms in total. The van der Waals surface area contributed by atoms with Crippen LogP contribution in [0.1, 0.15) is 47.8 Å². The third-order valence-corrected chi connectivity index (χ3v) is 4.75. The van der Waals surface area contributed by atoms with Crippen molar-refractivity contribution in [1.29, 1.82) is 0 Å². The van der Waals surface area contributed by atoms with Gasteiger partial charge in [0.15, 0.2) is 12.3 Å². The van der Waals surface area contributed by atoms with Gasteiger partial charge in [0, 0.05) is 43.6 Å². The minimum atomic E-state index is -4.67. The van der Waals surface area contributed by atoms with Crippen LogP contribution in [-0.2, 0) is 24.4 Å². The number of ether oxygens (including phenoxy) is 1. The van der Waals surface area contributed by atoms with Gasteiger partial charge in [-0.05, 0) is 44.4 Å². The number of hydrogen-bond acceptors (Lipinski definition) is 6. The Hall–Kier alpha value is -3.44. The molecule has 0 amide bonds. The van der Waals surface area contributed by atoms with Gasteiger partial charge >= 0.3 is 6.18 Å². The molecule has 0 spiro atoms. The zero-order valence-corrected chi connectivity index (χ0v) is 19.8. The largest absolute Gasteiger partial charge is 0.471 e. The van der Waals surface area contributed by atoms with Gasteiger partial charge in [-0.15, -0.1) is 0 Å². The molecule has 2 aromatic heterocycles. The number of carbonyl (C=O) groups is 1. The number of alkyl halides is 5. The molecule has 190 valence electrons. The van der Waals surface area contributed by atoms with Crippen LogP contribution in [0.4, 0.5) is 22.0 Å². The summed E-state index contributed by atoms with van der Waals surface area (Å²) in [6.07, 6.45) is -4.47. The molecule has 0 aliphatic rings. The minimum absolute atomic E-state index is 0.0407. The molecule has 0 saturated carbocycles. The van der Waals surface area contributed by atoms with Crippen molar-refractivity contribution in [3.63, 3.8) is 0 Å². The van der Waals surface area contributed by atoms with Crippen LogP contribution in [0.25, 0.3) is 0 Å². The molecule has 0 atom stereocenters. The first-order valence-electron chi connectivity index (χ1n) is 10.6. The standard InChI is InChI=1S/C23H26F5N5O2/c1-13(2)20(18-11-33(5)32-21(18)23(26,27)28)31-29-8-6-7-17(34)10-16-9-14(3)30-22(15(16)4)35-12-19(24)25/h8-9,11,19H,1,6-7,10,12H2,2-5H3/b29-8+,31-20+. The van der Waals surface area contributed by atoms with Crippen molar-refractivity contribution in [2.75, 3.05) is 6.61 Å². The van der Waals surface area contributed by atoms with Gasteiger partial charge < -0.3 is 4.74 Å². The lowest BCUT2D eigenvalue weighted by atomic mass is 10.0. The highest BCUT2D eigenvalue weighted by Crippen LogP contribution is 2.31. The zero-order valence-electron chi connectivity index (χ0n) is 19.8. The van der Waals surface area contributed by atoms with Crippen molar-refractivity contribution < 1.29 is 31.5 Å². The van der Waals surface area contributed by atoms with E-state index in [1.54, 1.807) is 19.9 Å². The highest BCUT2D eigenvalue weighted by Gasteiger charge is 2.38. The summed E-state index contributed by atoms with van der Waals surface area (Å²) in [4.78, 5) is 16.5. The fourth-order valence-electron chi connectivity index (χ4n) is 3.16. The van der Waals surface area contributed by atoms with Crippen molar-refractivity contribution in [1.82, 2.24) is 14.8 Å². The Morgan fingerprint density at radius 2 is 2.00 bits per heavy atom. The van der Waals surface area contributed by atoms with Crippen LogP contribution >= 0.6 is 0 Å². The lowest BCUT2D eigenvalue weighted by molar-refractivity contribution is -0.141. The van der Waals surface area contributed by atoms with Crippen LogP contribution in [0.3, 0.4) is 0 Å². The molecule has 2 aromatic rings. The third-order valence-electron chi connectivity index (χ3n) is 4.75. The predicted molar refractivity (Wildman–Crippen MR) is 121 cm³/mol. The fourth-order valence-corrected chi connectivity index (χ4v) is 3.16. The summed E-state index contributed by atoms with van der Waals surface area (Å²) in [5.74, 6) is -0.0920. The van der Waals surface area contributed by atoms with E-state index in [4.69, 9.17) is 4.74 Å². The van der Waals surface area contributed by atoms with Crippen LogP contribution in [0.5, 0.6) is 5.88 Å². The summed E-state index contributed by atoms with van der Waals surface area (Å²) in [6.45, 7) is 7.68. The first-order valence-corrected chi connectivity index (χ1v) is 10.6. The molecule has 0 radical (unpaired) electrons. The lowest BCUT2D eigenvalue weighted by Crippen LogP contribution is -2.13. The maximum absolute atomic E-state index is 13.3. The maximum Gasteiger partial charge on any atom is 0.435 e. The molecule has 0 saturated heterocycles. The third kappa shape index (κ3) is 8.08. The topological polar surface area (TPSA) is 81.7 Å². The number of ketones is 1. The first-order chi connectivity index (χ1) is 16.3. The first kappa shape index (κ1) is 27.8. The molecule has 0 aliphatic carbocycles. The summed E-state index contributed by atoms with van der Waals surface area (Å²) in [5, 5.41) is 11.1. The predicted octanol–water partition coefficient (Wildman–Crippen LogP) is 5.04. The number of carbonyl (C=O) groups excluding carboxylic acids is 1. The molecule has 0 aromatic carbocycles. The van der Waals surface area contributed by atoms with E-state index < -0.39 is 24.9 Å². The Kier molecular flexibility index (Phi) is 9.38. The number of rotatable bonds is 11. The Morgan fingerprint density at radius 1 is 1.31 bits per heavy atom. The van der Waals surface area contributed by atoms with Gasteiger partial charge in [0.2, 0.25) is 5.88 Å². The zero-order chi connectivity index (χ0) is 26.3. The van der Waals surface area contributed by atoms with E-state index in [2.05, 4.69) is 26.9 Å². The molecule has 0 aliphatic heterocycles. The second kappa shape index (κ2) is 11.8. The average Bonchev–Trinajstić information content (AvgIpc) is 3.13. The summed E-state index contributed by atoms with van der Waals surface area (Å²) in [7, 11) is 1.36. The van der Waals surface area contributed by atoms with E-state index >= 15 is 0 Å². The minimum Gasteiger partial charge on any atom is -0.471 e. The van der Waals surface area contributed by atoms with Crippen LogP contribution in [-0.4, -0.2) is 45.5 Å². The normalized spacial score (nSPS) is 12.6. The van der Waals surface area contributed by atoms with E-state index in [-0.39, 0.29) is 47.8 Å². The average molecular weight is 499 g/mol. The number of halogens is 5. The molecule has 35 heavy (non-hydrogen) atoms. The summed E-state index contributed by atoms with van der Waals surface area (Å²) in [6, 6.07) is 1.69. The van der Waals surface area contributed by atoms with Crippen molar-refractivity contribution in [3.8, 4) is 5.88 Å².